The van der Waals surface area contributed by atoms with E-state index in [1.54, 1.807) is 12.3 Å². The number of nitrogens with zero attached hydrogens (tertiary/aromatic N) is 1. The van der Waals surface area contributed by atoms with Crippen LogP contribution < -0.4 is 10.1 Å². The van der Waals surface area contributed by atoms with Gasteiger partial charge >= 0.3 is 0 Å². The molecule has 1 N–H and O–H groups in total. The number of ether oxygens (including phenoxy) is 1. The van der Waals surface area contributed by atoms with Crippen LogP contribution in [0.1, 0.15) is 30.2 Å². The summed E-state index contributed by atoms with van der Waals surface area (Å²) in [6.45, 7) is 6.19. The first-order valence-corrected chi connectivity index (χ1v) is 7.22. The summed E-state index contributed by atoms with van der Waals surface area (Å²) < 4.78 is 18.7. The smallest absolute Gasteiger partial charge is 0.138 e. The van der Waals surface area contributed by atoms with E-state index in [0.717, 1.165) is 42.1 Å². The zero-order valence-corrected chi connectivity index (χ0v) is 12.5. The van der Waals surface area contributed by atoms with Crippen LogP contribution in [0.5, 0.6) is 5.75 Å². The van der Waals surface area contributed by atoms with Gasteiger partial charge in [-0.2, -0.15) is 0 Å². The molecular weight excluding hydrogens is 267 g/mol. The molecule has 0 aliphatic rings. The summed E-state index contributed by atoms with van der Waals surface area (Å²) in [5, 5.41) is 3.30. The lowest BCUT2D eigenvalue weighted by atomic mass is 10.1. The highest BCUT2D eigenvalue weighted by Crippen LogP contribution is 2.15. The van der Waals surface area contributed by atoms with Crippen LogP contribution in [0.2, 0.25) is 0 Å². The number of hydrogen-bond donors (Lipinski definition) is 1. The molecule has 0 aliphatic heterocycles. The lowest BCUT2D eigenvalue weighted by Gasteiger charge is -2.09. The molecule has 0 aliphatic carbocycles. The first-order chi connectivity index (χ1) is 10.2. The molecule has 2 rings (SSSR count). The molecule has 0 bridgehead atoms. The van der Waals surface area contributed by atoms with E-state index < -0.39 is 0 Å². The van der Waals surface area contributed by atoms with Gasteiger partial charge in [-0.1, -0.05) is 13.0 Å². The first kappa shape index (κ1) is 15.4. The van der Waals surface area contributed by atoms with Crippen molar-refractivity contribution >= 4 is 0 Å². The van der Waals surface area contributed by atoms with Gasteiger partial charge in [0.1, 0.15) is 18.2 Å². The van der Waals surface area contributed by atoms with Crippen molar-refractivity contribution in [1.82, 2.24) is 10.3 Å². The molecule has 1 aromatic heterocycles. The zero-order chi connectivity index (χ0) is 15.1. The van der Waals surface area contributed by atoms with Gasteiger partial charge in [0.2, 0.25) is 0 Å². The summed E-state index contributed by atoms with van der Waals surface area (Å²) in [6.07, 6.45) is 2.83. The molecular formula is C17H21FN2O. The van der Waals surface area contributed by atoms with Crippen LogP contribution >= 0.6 is 0 Å². The van der Waals surface area contributed by atoms with E-state index in [4.69, 9.17) is 4.74 Å². The second kappa shape index (κ2) is 7.74. The molecule has 1 aromatic carbocycles. The number of halogens is 1. The predicted molar refractivity (Wildman–Crippen MR) is 81.7 cm³/mol. The van der Waals surface area contributed by atoms with Gasteiger partial charge in [0, 0.05) is 6.54 Å². The number of benzene rings is 1. The Labute approximate surface area is 125 Å². The summed E-state index contributed by atoms with van der Waals surface area (Å²) >= 11 is 0. The fraction of sp³-hybridized carbons (Fsp3) is 0.353. The maximum Gasteiger partial charge on any atom is 0.138 e. The average molecular weight is 288 g/mol. The number of hydrogen-bond acceptors (Lipinski definition) is 3. The number of rotatable bonds is 7. The summed E-state index contributed by atoms with van der Waals surface area (Å²) in [5.41, 5.74) is 2.86. The van der Waals surface area contributed by atoms with Crippen molar-refractivity contribution in [3.63, 3.8) is 0 Å². The van der Waals surface area contributed by atoms with Gasteiger partial charge in [-0.15, -0.1) is 0 Å². The fourth-order valence-electron chi connectivity index (χ4n) is 1.98. The lowest BCUT2D eigenvalue weighted by molar-refractivity contribution is 0.304. The molecule has 0 spiro atoms. The normalized spacial score (nSPS) is 10.6. The number of pyridine rings is 1. The standard InChI is InChI=1S/C17H21FN2O/c1-3-8-19-10-16-6-7-17(11-20-16)21-12-14-4-5-15(18)9-13(14)2/h4-7,9,11,19H,3,8,10,12H2,1-2H3. The van der Waals surface area contributed by atoms with Gasteiger partial charge in [-0.25, -0.2) is 4.39 Å². The summed E-state index contributed by atoms with van der Waals surface area (Å²) in [7, 11) is 0. The Morgan fingerprint density at radius 1 is 1.24 bits per heavy atom. The topological polar surface area (TPSA) is 34.1 Å². The first-order valence-electron chi connectivity index (χ1n) is 7.22. The van der Waals surface area contributed by atoms with Crippen LogP contribution in [0.4, 0.5) is 4.39 Å². The molecule has 0 atom stereocenters. The number of aromatic nitrogens is 1. The Kier molecular flexibility index (Phi) is 5.69. The highest BCUT2D eigenvalue weighted by Gasteiger charge is 2.02. The second-order valence-corrected chi connectivity index (χ2v) is 5.02. The van der Waals surface area contributed by atoms with Gasteiger partial charge in [0.05, 0.1) is 11.9 Å². The summed E-state index contributed by atoms with van der Waals surface area (Å²) in [6, 6.07) is 8.58. The SMILES string of the molecule is CCCNCc1ccc(OCc2ccc(F)cc2C)cn1. The number of aryl methyl sites for hydroxylation is 1. The van der Waals surface area contributed by atoms with Gasteiger partial charge in [-0.05, 0) is 55.3 Å². The molecule has 21 heavy (non-hydrogen) atoms. The van der Waals surface area contributed by atoms with Crippen molar-refractivity contribution in [2.45, 2.75) is 33.4 Å². The molecule has 3 nitrogen and oxygen atoms in total. The minimum atomic E-state index is -0.221. The third-order valence-electron chi connectivity index (χ3n) is 3.23. The Morgan fingerprint density at radius 3 is 2.76 bits per heavy atom. The lowest BCUT2D eigenvalue weighted by Crippen LogP contribution is -2.14. The maximum atomic E-state index is 13.0. The van der Waals surface area contributed by atoms with Gasteiger partial charge in [0.25, 0.3) is 0 Å². The van der Waals surface area contributed by atoms with Crippen molar-refractivity contribution in [3.05, 3.63) is 59.2 Å². The molecule has 0 fully saturated rings. The van der Waals surface area contributed by atoms with E-state index >= 15 is 0 Å². The van der Waals surface area contributed by atoms with Crippen LogP contribution in [0, 0.1) is 12.7 Å². The second-order valence-electron chi connectivity index (χ2n) is 5.02. The number of nitrogens with one attached hydrogen (secondary N) is 1. The van der Waals surface area contributed by atoms with Crippen LogP contribution in [0.25, 0.3) is 0 Å². The van der Waals surface area contributed by atoms with Gasteiger partial charge < -0.3 is 10.1 Å². The fourth-order valence-corrected chi connectivity index (χ4v) is 1.98. The van der Waals surface area contributed by atoms with E-state index in [-0.39, 0.29) is 5.82 Å². The average Bonchev–Trinajstić information content (AvgIpc) is 2.48. The molecule has 1 heterocycles. The molecule has 0 unspecified atom stereocenters. The predicted octanol–water partition coefficient (Wildman–Crippen LogP) is 3.61. The van der Waals surface area contributed by atoms with Crippen LogP contribution in [0.3, 0.4) is 0 Å². The van der Waals surface area contributed by atoms with Crippen molar-refractivity contribution in [3.8, 4) is 5.75 Å². The Hall–Kier alpha value is -1.94. The van der Waals surface area contributed by atoms with E-state index in [9.17, 15) is 4.39 Å². The molecule has 0 saturated heterocycles. The van der Waals surface area contributed by atoms with E-state index in [0.29, 0.717) is 6.61 Å². The minimum Gasteiger partial charge on any atom is -0.487 e. The van der Waals surface area contributed by atoms with E-state index in [2.05, 4.69) is 17.2 Å². The molecule has 112 valence electrons. The monoisotopic (exact) mass is 288 g/mol. The van der Waals surface area contributed by atoms with Crippen molar-refractivity contribution < 1.29 is 9.13 Å². The third kappa shape index (κ3) is 4.83. The van der Waals surface area contributed by atoms with Crippen LogP contribution in [-0.4, -0.2) is 11.5 Å². The minimum absolute atomic E-state index is 0.221. The van der Waals surface area contributed by atoms with Gasteiger partial charge in [-0.3, -0.25) is 4.98 Å². The van der Waals surface area contributed by atoms with Crippen molar-refractivity contribution in [2.24, 2.45) is 0 Å². The highest BCUT2D eigenvalue weighted by atomic mass is 19.1. The third-order valence-corrected chi connectivity index (χ3v) is 3.23. The van der Waals surface area contributed by atoms with Crippen molar-refractivity contribution in [2.75, 3.05) is 6.54 Å². The summed E-state index contributed by atoms with van der Waals surface area (Å²) in [5.74, 6) is 0.500. The molecule has 0 saturated carbocycles. The van der Waals surface area contributed by atoms with E-state index in [1.165, 1.54) is 12.1 Å². The van der Waals surface area contributed by atoms with Crippen LogP contribution in [-0.2, 0) is 13.2 Å². The zero-order valence-electron chi connectivity index (χ0n) is 12.5. The van der Waals surface area contributed by atoms with Crippen LogP contribution in [0.15, 0.2) is 36.5 Å². The Morgan fingerprint density at radius 2 is 2.10 bits per heavy atom. The Balaban J connectivity index is 1.88. The Bertz CT molecular complexity index is 570. The van der Waals surface area contributed by atoms with Gasteiger partial charge in [0.15, 0.2) is 0 Å². The quantitative estimate of drug-likeness (QED) is 0.790. The molecule has 0 amide bonds. The molecule has 0 radical (unpaired) electrons. The van der Waals surface area contributed by atoms with Crippen molar-refractivity contribution in [1.29, 1.82) is 0 Å². The summed E-state index contributed by atoms with van der Waals surface area (Å²) in [4.78, 5) is 4.35. The maximum absolute atomic E-state index is 13.0. The molecule has 4 heteroatoms. The van der Waals surface area contributed by atoms with E-state index in [1.807, 2.05) is 19.1 Å². The largest absolute Gasteiger partial charge is 0.487 e. The molecule has 2 aromatic rings. The highest BCUT2D eigenvalue weighted by molar-refractivity contribution is 5.27.